The summed E-state index contributed by atoms with van der Waals surface area (Å²) >= 11 is 0. The molecule has 28 heavy (non-hydrogen) atoms. The van der Waals surface area contributed by atoms with Gasteiger partial charge in [-0.05, 0) is 49.1 Å². The maximum Gasteiger partial charge on any atom is 0.241 e. The number of carbonyl (C=O) groups is 1. The summed E-state index contributed by atoms with van der Waals surface area (Å²) < 4.78 is 51.6. The number of amides is 1. The van der Waals surface area contributed by atoms with Crippen molar-refractivity contribution in [1.29, 1.82) is 0 Å². The first kappa shape index (κ1) is 21.8. The van der Waals surface area contributed by atoms with Crippen LogP contribution in [-0.2, 0) is 14.8 Å². The van der Waals surface area contributed by atoms with Crippen molar-refractivity contribution in [2.45, 2.75) is 33.2 Å². The summed E-state index contributed by atoms with van der Waals surface area (Å²) in [6.45, 7) is 5.33. The molecule has 0 aliphatic heterocycles. The van der Waals surface area contributed by atoms with Crippen LogP contribution in [0.25, 0.3) is 0 Å². The van der Waals surface area contributed by atoms with Crippen LogP contribution in [0.5, 0.6) is 0 Å². The number of anilines is 1. The Bertz CT molecular complexity index is 977. The summed E-state index contributed by atoms with van der Waals surface area (Å²) in [5, 5.41) is 2.82. The minimum atomic E-state index is -3.88. The predicted molar refractivity (Wildman–Crippen MR) is 106 cm³/mol. The number of rotatable bonds is 7. The summed E-state index contributed by atoms with van der Waals surface area (Å²) in [6.07, 6.45) is 1.51. The topological polar surface area (TPSA) is 66.5 Å². The van der Waals surface area contributed by atoms with E-state index < -0.39 is 34.1 Å². The van der Waals surface area contributed by atoms with E-state index in [0.717, 1.165) is 45.5 Å². The Morgan fingerprint density at radius 2 is 1.75 bits per heavy atom. The highest BCUT2D eigenvalue weighted by molar-refractivity contribution is 7.92. The van der Waals surface area contributed by atoms with Gasteiger partial charge in [-0.3, -0.25) is 9.10 Å². The van der Waals surface area contributed by atoms with E-state index in [2.05, 4.69) is 5.32 Å². The molecule has 152 valence electrons. The molecule has 0 saturated heterocycles. The molecule has 0 radical (unpaired) electrons. The number of halogens is 2. The highest BCUT2D eigenvalue weighted by Gasteiger charge is 2.23. The van der Waals surface area contributed by atoms with Crippen LogP contribution in [0.4, 0.5) is 14.5 Å². The lowest BCUT2D eigenvalue weighted by Crippen LogP contribution is -2.41. The molecule has 1 atom stereocenters. The average Bonchev–Trinajstić information content (AvgIpc) is 2.61. The minimum absolute atomic E-state index is 0.115. The van der Waals surface area contributed by atoms with E-state index in [1.807, 2.05) is 39.0 Å². The van der Waals surface area contributed by atoms with Crippen LogP contribution in [0.1, 0.15) is 36.1 Å². The Morgan fingerprint density at radius 1 is 1.07 bits per heavy atom. The highest BCUT2D eigenvalue weighted by atomic mass is 32.2. The van der Waals surface area contributed by atoms with Crippen LogP contribution < -0.4 is 9.62 Å². The molecule has 0 fully saturated rings. The minimum Gasteiger partial charge on any atom is -0.348 e. The van der Waals surface area contributed by atoms with E-state index in [-0.39, 0.29) is 11.7 Å². The van der Waals surface area contributed by atoms with E-state index in [1.54, 1.807) is 0 Å². The predicted octanol–water partition coefficient (Wildman–Crippen LogP) is 3.62. The van der Waals surface area contributed by atoms with Gasteiger partial charge in [0.05, 0.1) is 18.0 Å². The zero-order chi connectivity index (χ0) is 21.1. The second-order valence-electron chi connectivity index (χ2n) is 6.74. The van der Waals surface area contributed by atoms with Crippen molar-refractivity contribution in [3.05, 3.63) is 64.7 Å². The molecule has 5 nitrogen and oxygen atoms in total. The first-order valence-corrected chi connectivity index (χ1v) is 10.7. The molecule has 0 unspecified atom stereocenters. The van der Waals surface area contributed by atoms with Gasteiger partial charge in [0.1, 0.15) is 6.54 Å². The van der Waals surface area contributed by atoms with Gasteiger partial charge in [0, 0.05) is 6.07 Å². The molecule has 8 heteroatoms. The first-order valence-electron chi connectivity index (χ1n) is 8.82. The van der Waals surface area contributed by atoms with Crippen LogP contribution in [-0.4, -0.2) is 27.1 Å². The summed E-state index contributed by atoms with van der Waals surface area (Å²) in [6, 6.07) is 8.26. The van der Waals surface area contributed by atoms with Crippen LogP contribution >= 0.6 is 0 Å². The molecule has 0 aliphatic carbocycles. The molecule has 0 saturated carbocycles. The summed E-state index contributed by atoms with van der Waals surface area (Å²) in [5.74, 6) is -2.82. The van der Waals surface area contributed by atoms with Gasteiger partial charge in [-0.25, -0.2) is 17.2 Å². The molecule has 2 rings (SSSR count). The fraction of sp³-hybridized carbons (Fsp3) is 0.350. The van der Waals surface area contributed by atoms with E-state index in [0.29, 0.717) is 6.42 Å². The van der Waals surface area contributed by atoms with Crippen LogP contribution in [0.15, 0.2) is 36.4 Å². The Morgan fingerprint density at radius 3 is 2.29 bits per heavy atom. The molecule has 0 heterocycles. The number of nitrogens with one attached hydrogen (secondary N) is 1. The average molecular weight is 410 g/mol. The standard InChI is InChI=1S/C20H24F2N2O3S/c1-5-19(15-7-6-13(2)14(3)10-15)23-20(25)12-24(28(4,26)27)16-8-9-17(21)18(22)11-16/h6-11,19H,5,12H2,1-4H3,(H,23,25)/t19-/m0/s1. The second kappa shape index (κ2) is 8.68. The van der Waals surface area contributed by atoms with Gasteiger partial charge < -0.3 is 5.32 Å². The van der Waals surface area contributed by atoms with Crippen molar-refractivity contribution in [2.24, 2.45) is 0 Å². The van der Waals surface area contributed by atoms with E-state index >= 15 is 0 Å². The van der Waals surface area contributed by atoms with E-state index in [4.69, 9.17) is 0 Å². The monoisotopic (exact) mass is 410 g/mol. The Kier molecular flexibility index (Phi) is 6.77. The summed E-state index contributed by atoms with van der Waals surface area (Å²) in [5.41, 5.74) is 3.02. The van der Waals surface area contributed by atoms with Crippen molar-refractivity contribution >= 4 is 21.6 Å². The lowest BCUT2D eigenvalue weighted by atomic mass is 9.99. The first-order chi connectivity index (χ1) is 13.0. The molecule has 0 aliphatic rings. The number of hydrogen-bond acceptors (Lipinski definition) is 3. The molecular weight excluding hydrogens is 386 g/mol. The quantitative estimate of drug-likeness (QED) is 0.758. The van der Waals surface area contributed by atoms with Crippen molar-refractivity contribution < 1.29 is 22.0 Å². The SMILES string of the molecule is CC[C@H](NC(=O)CN(c1ccc(F)c(F)c1)S(C)(=O)=O)c1ccc(C)c(C)c1. The number of sulfonamides is 1. The fourth-order valence-electron chi connectivity index (χ4n) is 2.81. The van der Waals surface area contributed by atoms with Crippen LogP contribution in [0.2, 0.25) is 0 Å². The third-order valence-corrected chi connectivity index (χ3v) is 5.70. The van der Waals surface area contributed by atoms with Gasteiger partial charge in [0.15, 0.2) is 11.6 Å². The number of hydrogen-bond donors (Lipinski definition) is 1. The smallest absolute Gasteiger partial charge is 0.241 e. The lowest BCUT2D eigenvalue weighted by molar-refractivity contribution is -0.120. The van der Waals surface area contributed by atoms with Gasteiger partial charge in [-0.2, -0.15) is 0 Å². The zero-order valence-corrected chi connectivity index (χ0v) is 17.1. The number of carbonyl (C=O) groups excluding carboxylic acids is 1. The largest absolute Gasteiger partial charge is 0.348 e. The van der Waals surface area contributed by atoms with Gasteiger partial charge in [-0.1, -0.05) is 25.1 Å². The maximum atomic E-state index is 13.5. The van der Waals surface area contributed by atoms with E-state index in [9.17, 15) is 22.0 Å². The van der Waals surface area contributed by atoms with Crippen molar-refractivity contribution in [3.8, 4) is 0 Å². The Labute approximate surface area is 164 Å². The van der Waals surface area contributed by atoms with E-state index in [1.165, 1.54) is 0 Å². The molecule has 0 spiro atoms. The second-order valence-corrected chi connectivity index (χ2v) is 8.65. The number of nitrogens with zero attached hydrogens (tertiary/aromatic N) is 1. The third-order valence-electron chi connectivity index (χ3n) is 4.56. The van der Waals surface area contributed by atoms with Gasteiger partial charge in [0.2, 0.25) is 15.9 Å². The van der Waals surface area contributed by atoms with Gasteiger partial charge >= 0.3 is 0 Å². The van der Waals surface area contributed by atoms with Gasteiger partial charge in [0.25, 0.3) is 0 Å². The highest BCUT2D eigenvalue weighted by Crippen LogP contribution is 2.22. The number of aryl methyl sites for hydroxylation is 2. The molecule has 2 aromatic carbocycles. The molecule has 0 aromatic heterocycles. The third kappa shape index (κ3) is 5.28. The summed E-state index contributed by atoms with van der Waals surface area (Å²) in [4.78, 5) is 12.5. The Hall–Kier alpha value is -2.48. The van der Waals surface area contributed by atoms with Gasteiger partial charge in [-0.15, -0.1) is 0 Å². The fourth-order valence-corrected chi connectivity index (χ4v) is 3.66. The van der Waals surface area contributed by atoms with Crippen molar-refractivity contribution in [2.75, 3.05) is 17.1 Å². The molecular formula is C20H24F2N2O3S. The lowest BCUT2D eigenvalue weighted by Gasteiger charge is -2.24. The summed E-state index contributed by atoms with van der Waals surface area (Å²) in [7, 11) is -3.88. The van der Waals surface area contributed by atoms with Crippen LogP contribution in [0.3, 0.4) is 0 Å². The molecule has 2 aromatic rings. The molecule has 1 amide bonds. The molecule has 0 bridgehead atoms. The normalized spacial score (nSPS) is 12.5. The molecule has 1 N–H and O–H groups in total. The van der Waals surface area contributed by atoms with Crippen molar-refractivity contribution in [3.63, 3.8) is 0 Å². The Balaban J connectivity index is 2.22. The van der Waals surface area contributed by atoms with Crippen molar-refractivity contribution in [1.82, 2.24) is 5.32 Å². The van der Waals surface area contributed by atoms with Crippen LogP contribution in [0, 0.1) is 25.5 Å². The maximum absolute atomic E-state index is 13.5. The zero-order valence-electron chi connectivity index (χ0n) is 16.3. The number of benzene rings is 2.